The van der Waals surface area contributed by atoms with Crippen LogP contribution in [0.3, 0.4) is 0 Å². The number of hydrogen-bond acceptors (Lipinski definition) is 2. The first-order valence-corrected chi connectivity index (χ1v) is 10.9. The van der Waals surface area contributed by atoms with Crippen molar-refractivity contribution in [2.75, 3.05) is 13.2 Å². The van der Waals surface area contributed by atoms with Crippen molar-refractivity contribution in [1.82, 2.24) is 0 Å². The fraction of sp³-hybridized carbons (Fsp3) is 0.400. The number of benzene rings is 2. The zero-order valence-corrected chi connectivity index (χ0v) is 15.3. The maximum Gasteiger partial charge on any atom is 0.347 e. The van der Waals surface area contributed by atoms with Crippen molar-refractivity contribution in [2.45, 2.75) is 38.8 Å². The predicted molar refractivity (Wildman–Crippen MR) is 110 cm³/mol. The zero-order chi connectivity index (χ0) is 16.4. The SMILES string of the molecule is CCCO[Si](Cc1ccccc1)(Cc1ccccc1)OCCC.[SiH4]. The molecule has 0 heterocycles. The molecule has 0 bridgehead atoms. The summed E-state index contributed by atoms with van der Waals surface area (Å²) in [6.45, 7) is 5.86. The van der Waals surface area contributed by atoms with E-state index in [4.69, 9.17) is 8.85 Å². The van der Waals surface area contributed by atoms with Gasteiger partial charge in [-0.3, -0.25) is 0 Å². The van der Waals surface area contributed by atoms with Crippen molar-refractivity contribution < 1.29 is 8.85 Å². The van der Waals surface area contributed by atoms with Gasteiger partial charge in [0.2, 0.25) is 0 Å². The largest absolute Gasteiger partial charge is 0.394 e. The van der Waals surface area contributed by atoms with Gasteiger partial charge in [0, 0.05) is 25.3 Å². The van der Waals surface area contributed by atoms with Crippen LogP contribution in [0.5, 0.6) is 0 Å². The van der Waals surface area contributed by atoms with Gasteiger partial charge >= 0.3 is 8.56 Å². The Morgan fingerprint density at radius 3 is 1.38 bits per heavy atom. The van der Waals surface area contributed by atoms with E-state index in [1.807, 2.05) is 0 Å². The van der Waals surface area contributed by atoms with E-state index in [2.05, 4.69) is 74.5 Å². The van der Waals surface area contributed by atoms with E-state index in [1.54, 1.807) is 0 Å². The molecule has 0 saturated carbocycles. The van der Waals surface area contributed by atoms with Crippen molar-refractivity contribution in [3.05, 3.63) is 71.8 Å². The Kier molecular flexibility index (Phi) is 9.87. The normalized spacial score (nSPS) is 11.1. The second-order valence-corrected chi connectivity index (χ2v) is 9.04. The van der Waals surface area contributed by atoms with Gasteiger partial charge in [0.25, 0.3) is 0 Å². The molecule has 0 aliphatic heterocycles. The third kappa shape index (κ3) is 6.73. The van der Waals surface area contributed by atoms with Gasteiger partial charge in [-0.25, -0.2) is 0 Å². The van der Waals surface area contributed by atoms with E-state index in [9.17, 15) is 0 Å². The molecule has 2 nitrogen and oxygen atoms in total. The molecule has 0 aliphatic rings. The number of hydrogen-bond donors (Lipinski definition) is 0. The third-order valence-electron chi connectivity index (χ3n) is 3.77. The fourth-order valence-corrected chi connectivity index (χ4v) is 6.18. The Labute approximate surface area is 152 Å². The van der Waals surface area contributed by atoms with E-state index in [0.29, 0.717) is 0 Å². The second kappa shape index (κ2) is 11.4. The average Bonchev–Trinajstić information content (AvgIpc) is 2.60. The Bertz CT molecular complexity index is 495. The topological polar surface area (TPSA) is 18.5 Å². The first-order chi connectivity index (χ1) is 11.3. The van der Waals surface area contributed by atoms with Crippen LogP contribution in [0.4, 0.5) is 0 Å². The average molecular weight is 361 g/mol. The highest BCUT2D eigenvalue weighted by Gasteiger charge is 2.38. The molecule has 0 unspecified atom stereocenters. The molecule has 0 N–H and O–H groups in total. The van der Waals surface area contributed by atoms with Gasteiger partial charge in [-0.2, -0.15) is 0 Å². The summed E-state index contributed by atoms with van der Waals surface area (Å²) in [5, 5.41) is 0. The van der Waals surface area contributed by atoms with Crippen molar-refractivity contribution in [3.8, 4) is 0 Å². The highest BCUT2D eigenvalue weighted by Crippen LogP contribution is 2.21. The lowest BCUT2D eigenvalue weighted by Crippen LogP contribution is -2.48. The molecule has 24 heavy (non-hydrogen) atoms. The third-order valence-corrected chi connectivity index (χ3v) is 7.13. The van der Waals surface area contributed by atoms with Crippen LogP contribution in [-0.4, -0.2) is 32.7 Å². The van der Waals surface area contributed by atoms with Crippen LogP contribution in [-0.2, 0) is 20.9 Å². The molecule has 4 heteroatoms. The van der Waals surface area contributed by atoms with Crippen LogP contribution < -0.4 is 0 Å². The molecule has 0 spiro atoms. The molecule has 0 radical (unpaired) electrons. The van der Waals surface area contributed by atoms with Gasteiger partial charge in [-0.15, -0.1) is 0 Å². The minimum atomic E-state index is -2.32. The molecule has 0 aliphatic carbocycles. The van der Waals surface area contributed by atoms with Gasteiger partial charge in [0.05, 0.1) is 0 Å². The summed E-state index contributed by atoms with van der Waals surface area (Å²) in [6.07, 6.45) is 2.04. The molecule has 0 amide bonds. The van der Waals surface area contributed by atoms with Gasteiger partial charge < -0.3 is 8.85 Å². The van der Waals surface area contributed by atoms with Crippen LogP contribution >= 0.6 is 0 Å². The first-order valence-electron chi connectivity index (χ1n) is 8.64. The van der Waals surface area contributed by atoms with Crippen molar-refractivity contribution in [1.29, 1.82) is 0 Å². The molecule has 0 aromatic heterocycles. The zero-order valence-electron chi connectivity index (χ0n) is 14.3. The van der Waals surface area contributed by atoms with E-state index in [-0.39, 0.29) is 11.0 Å². The van der Waals surface area contributed by atoms with Crippen LogP contribution in [0.2, 0.25) is 0 Å². The lowest BCUT2D eigenvalue weighted by Gasteiger charge is -2.31. The Balaban J connectivity index is 0.00000288. The summed E-state index contributed by atoms with van der Waals surface area (Å²) in [5.41, 5.74) is 2.62. The summed E-state index contributed by atoms with van der Waals surface area (Å²) in [4.78, 5) is 0. The predicted octanol–water partition coefficient (Wildman–Crippen LogP) is 3.39. The molecule has 2 aromatic rings. The quantitative estimate of drug-likeness (QED) is 0.605. The summed E-state index contributed by atoms with van der Waals surface area (Å²) in [7, 11) is -2.32. The monoisotopic (exact) mass is 360 g/mol. The number of rotatable bonds is 10. The van der Waals surface area contributed by atoms with Gasteiger partial charge in [-0.1, -0.05) is 74.5 Å². The highest BCUT2D eigenvalue weighted by atomic mass is 28.4. The van der Waals surface area contributed by atoms with Crippen molar-refractivity contribution >= 4 is 19.5 Å². The molecule has 0 saturated heterocycles. The minimum absolute atomic E-state index is 0. The van der Waals surface area contributed by atoms with Crippen LogP contribution in [0.1, 0.15) is 37.8 Å². The van der Waals surface area contributed by atoms with E-state index < -0.39 is 8.56 Å². The molecular weight excluding hydrogens is 328 g/mol. The van der Waals surface area contributed by atoms with Crippen molar-refractivity contribution in [2.24, 2.45) is 0 Å². The van der Waals surface area contributed by atoms with E-state index >= 15 is 0 Å². The van der Waals surface area contributed by atoms with E-state index in [0.717, 1.165) is 38.1 Å². The lowest BCUT2D eigenvalue weighted by molar-refractivity contribution is 0.165. The summed E-state index contributed by atoms with van der Waals surface area (Å²) < 4.78 is 12.8. The highest BCUT2D eigenvalue weighted by molar-refractivity contribution is 6.66. The molecule has 132 valence electrons. The van der Waals surface area contributed by atoms with Crippen LogP contribution in [0.25, 0.3) is 0 Å². The molecule has 2 aromatic carbocycles. The maximum absolute atomic E-state index is 6.41. The van der Waals surface area contributed by atoms with Crippen molar-refractivity contribution in [3.63, 3.8) is 0 Å². The fourth-order valence-electron chi connectivity index (χ4n) is 2.70. The molecule has 0 atom stereocenters. The standard InChI is InChI=1S/C20H28O2Si.H4Si/c1-3-15-21-23(22-16-4-2,17-19-11-7-5-8-12-19)18-20-13-9-6-10-14-20;/h5-14H,3-4,15-18H2,1-2H3;1H4. The summed E-state index contributed by atoms with van der Waals surface area (Å²) in [6, 6.07) is 23.0. The summed E-state index contributed by atoms with van der Waals surface area (Å²) >= 11 is 0. The van der Waals surface area contributed by atoms with Gasteiger partial charge in [0.15, 0.2) is 0 Å². The summed E-state index contributed by atoms with van der Waals surface area (Å²) in [5.74, 6) is 0. The van der Waals surface area contributed by atoms with Gasteiger partial charge in [0.1, 0.15) is 0 Å². The molecular formula is C20H32O2Si2. The van der Waals surface area contributed by atoms with E-state index in [1.165, 1.54) is 11.1 Å². The Hall–Kier alpha value is -1.21. The minimum Gasteiger partial charge on any atom is -0.394 e. The smallest absolute Gasteiger partial charge is 0.347 e. The Morgan fingerprint density at radius 1 is 0.667 bits per heavy atom. The maximum atomic E-state index is 6.41. The second-order valence-electron chi connectivity index (χ2n) is 5.93. The van der Waals surface area contributed by atoms with Crippen LogP contribution in [0.15, 0.2) is 60.7 Å². The van der Waals surface area contributed by atoms with Crippen LogP contribution in [0, 0.1) is 0 Å². The first kappa shape index (κ1) is 20.8. The van der Waals surface area contributed by atoms with Gasteiger partial charge in [-0.05, 0) is 34.9 Å². The lowest BCUT2D eigenvalue weighted by atomic mass is 10.2. The molecule has 2 rings (SSSR count). The molecule has 0 fully saturated rings. The Morgan fingerprint density at radius 2 is 1.04 bits per heavy atom.